The van der Waals surface area contributed by atoms with Crippen LogP contribution in [0.5, 0.6) is 0 Å². The second-order valence-corrected chi connectivity index (χ2v) is 3.46. The molecule has 0 bridgehead atoms. The number of carbonyl (C=O) groups is 1. The van der Waals surface area contributed by atoms with Gasteiger partial charge < -0.3 is 10.1 Å². The van der Waals surface area contributed by atoms with E-state index in [1.165, 1.54) is 0 Å². The topological polar surface area (TPSA) is 38.3 Å². The molecule has 0 spiro atoms. The summed E-state index contributed by atoms with van der Waals surface area (Å²) >= 11 is 0. The number of hydrogen-bond donors (Lipinski definition) is 1. The SMILES string of the molecule is C=C1COC(C2=CCCC2)C(=O)N1. The third kappa shape index (κ3) is 1.65. The van der Waals surface area contributed by atoms with Crippen molar-refractivity contribution in [3.05, 3.63) is 23.9 Å². The Morgan fingerprint density at radius 2 is 2.46 bits per heavy atom. The van der Waals surface area contributed by atoms with Crippen molar-refractivity contribution in [2.24, 2.45) is 0 Å². The van der Waals surface area contributed by atoms with Crippen LogP contribution in [0.1, 0.15) is 19.3 Å². The zero-order valence-electron chi connectivity index (χ0n) is 7.51. The van der Waals surface area contributed by atoms with Crippen molar-refractivity contribution in [3.63, 3.8) is 0 Å². The van der Waals surface area contributed by atoms with E-state index in [9.17, 15) is 4.79 Å². The van der Waals surface area contributed by atoms with E-state index in [0.717, 1.165) is 24.8 Å². The molecule has 3 heteroatoms. The molecule has 1 heterocycles. The lowest BCUT2D eigenvalue weighted by Crippen LogP contribution is -2.43. The molecule has 2 aliphatic rings. The van der Waals surface area contributed by atoms with E-state index in [1.54, 1.807) is 0 Å². The molecule has 1 fully saturated rings. The van der Waals surface area contributed by atoms with E-state index in [2.05, 4.69) is 18.0 Å². The van der Waals surface area contributed by atoms with E-state index >= 15 is 0 Å². The Morgan fingerprint density at radius 1 is 1.62 bits per heavy atom. The molecule has 0 saturated carbocycles. The molecule has 2 rings (SSSR count). The van der Waals surface area contributed by atoms with Gasteiger partial charge in [0.05, 0.1) is 6.61 Å². The number of rotatable bonds is 1. The highest BCUT2D eigenvalue weighted by molar-refractivity contribution is 5.86. The first-order valence-electron chi connectivity index (χ1n) is 4.56. The second kappa shape index (κ2) is 3.34. The zero-order chi connectivity index (χ0) is 9.26. The van der Waals surface area contributed by atoms with E-state index < -0.39 is 0 Å². The lowest BCUT2D eigenvalue weighted by Gasteiger charge is -2.24. The lowest BCUT2D eigenvalue weighted by molar-refractivity contribution is -0.132. The predicted octanol–water partition coefficient (Wildman–Crippen LogP) is 1.13. The van der Waals surface area contributed by atoms with Gasteiger partial charge in [0.25, 0.3) is 5.91 Å². The van der Waals surface area contributed by atoms with Gasteiger partial charge in [0.15, 0.2) is 6.10 Å². The maximum Gasteiger partial charge on any atom is 0.257 e. The van der Waals surface area contributed by atoms with Crippen LogP contribution in [0.15, 0.2) is 23.9 Å². The maximum atomic E-state index is 11.5. The molecule has 0 aromatic heterocycles. The number of carbonyl (C=O) groups excluding carboxylic acids is 1. The molecule has 1 aliphatic heterocycles. The van der Waals surface area contributed by atoms with Crippen LogP contribution in [0.25, 0.3) is 0 Å². The quantitative estimate of drug-likeness (QED) is 0.613. The number of nitrogens with one attached hydrogen (secondary N) is 1. The van der Waals surface area contributed by atoms with Gasteiger partial charge in [0, 0.05) is 5.70 Å². The molecule has 1 aliphatic carbocycles. The van der Waals surface area contributed by atoms with Crippen LogP contribution in [0, 0.1) is 0 Å². The fourth-order valence-corrected chi connectivity index (χ4v) is 1.74. The first-order chi connectivity index (χ1) is 6.27. The van der Waals surface area contributed by atoms with Gasteiger partial charge in [-0.1, -0.05) is 12.7 Å². The van der Waals surface area contributed by atoms with Crippen molar-refractivity contribution in [2.75, 3.05) is 6.61 Å². The summed E-state index contributed by atoms with van der Waals surface area (Å²) in [6.45, 7) is 4.09. The Balaban J connectivity index is 2.07. The van der Waals surface area contributed by atoms with Crippen molar-refractivity contribution >= 4 is 5.91 Å². The molecule has 0 radical (unpaired) electrons. The Hall–Kier alpha value is -1.09. The molecule has 1 amide bonds. The normalized spacial score (nSPS) is 28.6. The van der Waals surface area contributed by atoms with Crippen LogP contribution in [-0.2, 0) is 9.53 Å². The van der Waals surface area contributed by atoms with Gasteiger partial charge in [-0.2, -0.15) is 0 Å². The molecular weight excluding hydrogens is 166 g/mol. The van der Waals surface area contributed by atoms with E-state index in [1.807, 2.05) is 0 Å². The number of amides is 1. The van der Waals surface area contributed by atoms with Gasteiger partial charge >= 0.3 is 0 Å². The molecular formula is C10H13NO2. The van der Waals surface area contributed by atoms with Crippen molar-refractivity contribution in [1.82, 2.24) is 5.32 Å². The monoisotopic (exact) mass is 179 g/mol. The highest BCUT2D eigenvalue weighted by Gasteiger charge is 2.28. The van der Waals surface area contributed by atoms with Crippen molar-refractivity contribution in [3.8, 4) is 0 Å². The van der Waals surface area contributed by atoms with Gasteiger partial charge in [-0.25, -0.2) is 0 Å². The average molecular weight is 179 g/mol. The zero-order valence-corrected chi connectivity index (χ0v) is 7.51. The third-order valence-electron chi connectivity index (χ3n) is 2.38. The summed E-state index contributed by atoms with van der Waals surface area (Å²) in [4.78, 5) is 11.5. The Labute approximate surface area is 77.5 Å². The van der Waals surface area contributed by atoms with E-state index in [0.29, 0.717) is 12.3 Å². The van der Waals surface area contributed by atoms with Crippen LogP contribution in [-0.4, -0.2) is 18.6 Å². The number of ether oxygens (including phenoxy) is 1. The van der Waals surface area contributed by atoms with Crippen molar-refractivity contribution in [1.29, 1.82) is 0 Å². The van der Waals surface area contributed by atoms with Gasteiger partial charge in [0.2, 0.25) is 0 Å². The van der Waals surface area contributed by atoms with Crippen LogP contribution < -0.4 is 5.32 Å². The second-order valence-electron chi connectivity index (χ2n) is 3.46. The standard InChI is InChI=1S/C10H13NO2/c1-7-6-13-9(10(12)11-7)8-4-2-3-5-8/h4,9H,1-3,5-6H2,(H,11,12). The van der Waals surface area contributed by atoms with E-state index in [4.69, 9.17) is 4.74 Å². The van der Waals surface area contributed by atoms with E-state index in [-0.39, 0.29) is 12.0 Å². The highest BCUT2D eigenvalue weighted by Crippen LogP contribution is 2.24. The summed E-state index contributed by atoms with van der Waals surface area (Å²) in [5, 5.41) is 2.71. The molecule has 70 valence electrons. The minimum absolute atomic E-state index is 0.0654. The molecule has 1 atom stereocenters. The Kier molecular flexibility index (Phi) is 2.19. The van der Waals surface area contributed by atoms with Gasteiger partial charge in [-0.15, -0.1) is 0 Å². The molecule has 3 nitrogen and oxygen atoms in total. The number of hydrogen-bond acceptors (Lipinski definition) is 2. The summed E-state index contributed by atoms with van der Waals surface area (Å²) in [5.41, 5.74) is 1.78. The smallest absolute Gasteiger partial charge is 0.257 e. The number of allylic oxidation sites excluding steroid dienone is 1. The molecule has 0 aromatic carbocycles. The van der Waals surface area contributed by atoms with Crippen LogP contribution in [0.2, 0.25) is 0 Å². The lowest BCUT2D eigenvalue weighted by atomic mass is 10.1. The molecule has 1 saturated heterocycles. The average Bonchev–Trinajstić information content (AvgIpc) is 2.56. The first kappa shape index (κ1) is 8.51. The van der Waals surface area contributed by atoms with Crippen LogP contribution in [0.4, 0.5) is 0 Å². The molecule has 0 aromatic rings. The fraction of sp³-hybridized carbons (Fsp3) is 0.500. The molecule has 13 heavy (non-hydrogen) atoms. The molecule has 1 unspecified atom stereocenters. The molecule has 1 N–H and O–H groups in total. The van der Waals surface area contributed by atoms with Crippen LogP contribution in [0.3, 0.4) is 0 Å². The maximum absolute atomic E-state index is 11.5. The Bertz CT molecular complexity index is 281. The van der Waals surface area contributed by atoms with Gasteiger partial charge in [0.1, 0.15) is 0 Å². The summed E-state index contributed by atoms with van der Waals surface area (Å²) in [6, 6.07) is 0. The number of morpholine rings is 1. The third-order valence-corrected chi connectivity index (χ3v) is 2.38. The largest absolute Gasteiger partial charge is 0.358 e. The van der Waals surface area contributed by atoms with Gasteiger partial charge in [-0.05, 0) is 24.8 Å². The summed E-state index contributed by atoms with van der Waals surface area (Å²) in [5.74, 6) is -0.0654. The minimum atomic E-state index is -0.354. The predicted molar refractivity (Wildman–Crippen MR) is 49.0 cm³/mol. The fourth-order valence-electron chi connectivity index (χ4n) is 1.74. The van der Waals surface area contributed by atoms with Crippen molar-refractivity contribution in [2.45, 2.75) is 25.4 Å². The first-order valence-corrected chi connectivity index (χ1v) is 4.56. The van der Waals surface area contributed by atoms with Crippen LogP contribution >= 0.6 is 0 Å². The Morgan fingerprint density at radius 3 is 3.08 bits per heavy atom. The highest BCUT2D eigenvalue weighted by atomic mass is 16.5. The summed E-state index contributed by atoms with van der Waals surface area (Å²) in [7, 11) is 0. The van der Waals surface area contributed by atoms with Crippen molar-refractivity contribution < 1.29 is 9.53 Å². The van der Waals surface area contributed by atoms with Gasteiger partial charge in [-0.3, -0.25) is 4.79 Å². The minimum Gasteiger partial charge on any atom is -0.358 e. The summed E-state index contributed by atoms with van der Waals surface area (Å²) < 4.78 is 5.41. The summed E-state index contributed by atoms with van der Waals surface area (Å²) in [6.07, 6.45) is 4.96.